The third-order valence-electron chi connectivity index (χ3n) is 4.97. The Balaban J connectivity index is 1.84. The molecule has 0 spiro atoms. The van der Waals surface area contributed by atoms with Crippen molar-refractivity contribution in [2.45, 2.75) is 19.9 Å². The van der Waals surface area contributed by atoms with E-state index < -0.39 is 5.97 Å². The van der Waals surface area contributed by atoms with Gasteiger partial charge in [-0.1, -0.05) is 0 Å². The van der Waals surface area contributed by atoms with Gasteiger partial charge in [0.05, 0.1) is 34.7 Å². The number of carboxylic acid groups (broad SMARTS) is 1. The fourth-order valence-corrected chi connectivity index (χ4v) is 4.24. The number of aromatic carboxylic acids is 1. The quantitative estimate of drug-likeness (QED) is 0.600. The summed E-state index contributed by atoms with van der Waals surface area (Å²) in [7, 11) is 1.58. The summed E-state index contributed by atoms with van der Waals surface area (Å²) < 4.78 is 13.5. The van der Waals surface area contributed by atoms with Gasteiger partial charge in [0.15, 0.2) is 11.5 Å². The van der Waals surface area contributed by atoms with Gasteiger partial charge in [-0.2, -0.15) is 0 Å². The molecular weight excluding hydrogens is 452 g/mol. The summed E-state index contributed by atoms with van der Waals surface area (Å²) in [6.07, 6.45) is 2.61. The Morgan fingerprint density at radius 1 is 1.33 bits per heavy atom. The van der Waals surface area contributed by atoms with Gasteiger partial charge in [-0.15, -0.1) is 0 Å². The number of hydrogen-bond acceptors (Lipinski definition) is 5. The Kier molecular flexibility index (Phi) is 5.34. The number of hydrogen-bond donors (Lipinski definition) is 1. The van der Waals surface area contributed by atoms with Crippen LogP contribution in [0.4, 0.5) is 0 Å². The van der Waals surface area contributed by atoms with Crippen molar-refractivity contribution in [2.75, 3.05) is 13.7 Å². The van der Waals surface area contributed by atoms with Gasteiger partial charge in [0, 0.05) is 6.54 Å². The minimum atomic E-state index is -1.05. The molecule has 0 amide bonds. The maximum atomic E-state index is 12.9. The van der Waals surface area contributed by atoms with Crippen LogP contribution in [0.2, 0.25) is 0 Å². The number of methoxy groups -OCH3 is 1. The number of benzene rings is 2. The van der Waals surface area contributed by atoms with Crippen LogP contribution < -0.4 is 15.0 Å². The fourth-order valence-electron chi connectivity index (χ4n) is 3.62. The largest absolute Gasteiger partial charge is 0.492 e. The normalized spacial score (nSPS) is 14.2. The lowest BCUT2D eigenvalue weighted by molar-refractivity contribution is 0.0697. The molecule has 2 heterocycles. The van der Waals surface area contributed by atoms with Crippen LogP contribution in [-0.4, -0.2) is 34.3 Å². The molecule has 0 saturated carbocycles. The molecule has 1 aliphatic rings. The van der Waals surface area contributed by atoms with E-state index in [9.17, 15) is 14.7 Å². The SMILES string of the molecule is CCOc1cc(/C=C2\CCn3c2nc2cc(C(=O)O)ccc2c3=O)cc(Br)c1OC. The highest BCUT2D eigenvalue weighted by Gasteiger charge is 2.22. The van der Waals surface area contributed by atoms with E-state index in [4.69, 9.17) is 9.47 Å². The lowest BCUT2D eigenvalue weighted by atomic mass is 10.1. The molecule has 30 heavy (non-hydrogen) atoms. The Hall–Kier alpha value is -3.13. The van der Waals surface area contributed by atoms with Crippen molar-refractivity contribution in [3.63, 3.8) is 0 Å². The molecule has 0 atom stereocenters. The first-order chi connectivity index (χ1) is 14.4. The van der Waals surface area contributed by atoms with Crippen LogP contribution in [0.3, 0.4) is 0 Å². The maximum absolute atomic E-state index is 12.9. The molecule has 7 nitrogen and oxygen atoms in total. The molecule has 8 heteroatoms. The number of fused-ring (bicyclic) bond motifs is 2. The number of carboxylic acids is 1. The molecule has 3 aromatic rings. The first kappa shape index (κ1) is 20.2. The van der Waals surface area contributed by atoms with Crippen LogP contribution in [0.25, 0.3) is 22.6 Å². The molecule has 0 fully saturated rings. The summed E-state index contributed by atoms with van der Waals surface area (Å²) in [6.45, 7) is 2.93. The Morgan fingerprint density at radius 2 is 2.13 bits per heavy atom. The van der Waals surface area contributed by atoms with Gasteiger partial charge < -0.3 is 14.6 Å². The van der Waals surface area contributed by atoms with Gasteiger partial charge in [0.1, 0.15) is 5.82 Å². The topological polar surface area (TPSA) is 90.7 Å². The maximum Gasteiger partial charge on any atom is 0.335 e. The van der Waals surface area contributed by atoms with Crippen molar-refractivity contribution in [2.24, 2.45) is 0 Å². The van der Waals surface area contributed by atoms with E-state index in [0.717, 1.165) is 15.6 Å². The predicted molar refractivity (Wildman–Crippen MR) is 117 cm³/mol. The van der Waals surface area contributed by atoms with E-state index in [1.54, 1.807) is 11.7 Å². The Morgan fingerprint density at radius 3 is 2.83 bits per heavy atom. The van der Waals surface area contributed by atoms with Crippen LogP contribution >= 0.6 is 15.9 Å². The zero-order valence-electron chi connectivity index (χ0n) is 16.4. The monoisotopic (exact) mass is 470 g/mol. The van der Waals surface area contributed by atoms with Gasteiger partial charge in [0.25, 0.3) is 5.56 Å². The third kappa shape index (κ3) is 3.47. The van der Waals surface area contributed by atoms with Crippen LogP contribution in [-0.2, 0) is 6.54 Å². The molecule has 0 unspecified atom stereocenters. The average molecular weight is 471 g/mol. The summed E-state index contributed by atoms with van der Waals surface area (Å²) in [5, 5.41) is 9.66. The lowest BCUT2D eigenvalue weighted by Gasteiger charge is -2.12. The Labute approximate surface area is 180 Å². The number of allylic oxidation sites excluding steroid dienone is 1. The van der Waals surface area contributed by atoms with Gasteiger partial charge in [-0.3, -0.25) is 9.36 Å². The minimum absolute atomic E-state index is 0.100. The van der Waals surface area contributed by atoms with E-state index in [1.165, 1.54) is 18.2 Å². The molecule has 4 rings (SSSR count). The second-order valence-corrected chi connectivity index (χ2v) is 7.67. The predicted octanol–water partition coefficient (Wildman–Crippen LogP) is 4.21. The third-order valence-corrected chi connectivity index (χ3v) is 5.56. The molecular formula is C22H19BrN2O5. The molecule has 1 aromatic heterocycles. The van der Waals surface area contributed by atoms with Gasteiger partial charge in [0.2, 0.25) is 0 Å². The number of halogens is 1. The second-order valence-electron chi connectivity index (χ2n) is 6.82. The summed E-state index contributed by atoms with van der Waals surface area (Å²) in [5.74, 6) is 0.739. The summed E-state index contributed by atoms with van der Waals surface area (Å²) >= 11 is 3.51. The Bertz CT molecular complexity index is 1260. The van der Waals surface area contributed by atoms with Crippen molar-refractivity contribution >= 4 is 44.5 Å². The first-order valence-electron chi connectivity index (χ1n) is 9.42. The fraction of sp³-hybridized carbons (Fsp3) is 0.227. The first-order valence-corrected chi connectivity index (χ1v) is 10.2. The standard InChI is InChI=1S/C22H19BrN2O5/c1-3-30-18-10-12(9-16(23)19(18)29-2)8-13-6-7-25-20(13)24-17-11-14(22(27)28)4-5-15(17)21(25)26/h4-5,8-11H,3,6-7H2,1-2H3,(H,27,28)/b13-8+. The van der Waals surface area contributed by atoms with E-state index in [1.807, 2.05) is 25.1 Å². The van der Waals surface area contributed by atoms with Crippen molar-refractivity contribution in [1.82, 2.24) is 9.55 Å². The van der Waals surface area contributed by atoms with E-state index in [-0.39, 0.29) is 11.1 Å². The van der Waals surface area contributed by atoms with Crippen molar-refractivity contribution in [3.05, 3.63) is 62.1 Å². The molecule has 0 saturated heterocycles. The molecule has 1 aliphatic heterocycles. The summed E-state index contributed by atoms with van der Waals surface area (Å²) in [6, 6.07) is 8.19. The molecule has 2 aromatic carbocycles. The number of nitrogens with zero attached hydrogens (tertiary/aromatic N) is 2. The zero-order valence-corrected chi connectivity index (χ0v) is 18.0. The number of rotatable bonds is 5. The summed E-state index contributed by atoms with van der Waals surface area (Å²) in [4.78, 5) is 28.8. The van der Waals surface area contributed by atoms with E-state index in [2.05, 4.69) is 20.9 Å². The van der Waals surface area contributed by atoms with E-state index in [0.29, 0.717) is 47.8 Å². The van der Waals surface area contributed by atoms with Crippen molar-refractivity contribution in [3.8, 4) is 11.5 Å². The van der Waals surface area contributed by atoms with Crippen molar-refractivity contribution in [1.29, 1.82) is 0 Å². The molecule has 1 N–H and O–H groups in total. The van der Waals surface area contributed by atoms with Gasteiger partial charge in [-0.25, -0.2) is 9.78 Å². The number of aromatic nitrogens is 2. The van der Waals surface area contributed by atoms with Crippen LogP contribution in [0.5, 0.6) is 11.5 Å². The zero-order chi connectivity index (χ0) is 21.4. The van der Waals surface area contributed by atoms with Crippen molar-refractivity contribution < 1.29 is 19.4 Å². The summed E-state index contributed by atoms with van der Waals surface area (Å²) in [5.41, 5.74) is 2.09. The van der Waals surface area contributed by atoms with E-state index >= 15 is 0 Å². The molecule has 0 aliphatic carbocycles. The highest BCUT2D eigenvalue weighted by molar-refractivity contribution is 9.10. The smallest absolute Gasteiger partial charge is 0.335 e. The van der Waals surface area contributed by atoms with Gasteiger partial charge in [-0.05, 0) is 76.8 Å². The highest BCUT2D eigenvalue weighted by Crippen LogP contribution is 2.38. The number of ether oxygens (including phenoxy) is 2. The minimum Gasteiger partial charge on any atom is -0.492 e. The molecule has 154 valence electrons. The van der Waals surface area contributed by atoms with Gasteiger partial charge >= 0.3 is 5.97 Å². The lowest BCUT2D eigenvalue weighted by Crippen LogP contribution is -2.21. The molecule has 0 radical (unpaired) electrons. The second kappa shape index (κ2) is 7.95. The highest BCUT2D eigenvalue weighted by atomic mass is 79.9. The van der Waals surface area contributed by atoms with Crippen LogP contribution in [0.15, 0.2) is 39.6 Å². The molecule has 0 bridgehead atoms. The van der Waals surface area contributed by atoms with Crippen LogP contribution in [0.1, 0.15) is 35.1 Å². The number of carbonyl (C=O) groups is 1. The van der Waals surface area contributed by atoms with Crippen LogP contribution in [0, 0.1) is 0 Å². The average Bonchev–Trinajstić information content (AvgIpc) is 3.10.